The standard InChI is InChI=1S/C17H21NO5/c1-17(2,3)23-16(20)18-9-12-14(22-12)13(18)15(19)21-10-11-7-5-4-6-8-11/h4-8,12-14H,9-10H2,1-3H3/t12?,13-,14?/m0/s1. The molecule has 6 nitrogen and oxygen atoms in total. The topological polar surface area (TPSA) is 68.4 Å². The van der Waals surface area contributed by atoms with Crippen molar-refractivity contribution in [3.63, 3.8) is 0 Å². The third-order valence-corrected chi connectivity index (χ3v) is 3.74. The van der Waals surface area contributed by atoms with Gasteiger partial charge in [0, 0.05) is 0 Å². The summed E-state index contributed by atoms with van der Waals surface area (Å²) in [7, 11) is 0. The molecule has 2 aliphatic heterocycles. The first-order valence-corrected chi connectivity index (χ1v) is 7.71. The minimum Gasteiger partial charge on any atom is -0.459 e. The molecule has 3 rings (SSSR count). The monoisotopic (exact) mass is 319 g/mol. The molecule has 2 heterocycles. The smallest absolute Gasteiger partial charge is 0.411 e. The first kappa shape index (κ1) is 15.8. The van der Waals surface area contributed by atoms with Gasteiger partial charge in [-0.3, -0.25) is 4.90 Å². The summed E-state index contributed by atoms with van der Waals surface area (Å²) < 4.78 is 16.1. The number of hydrogen-bond donors (Lipinski definition) is 0. The maximum Gasteiger partial charge on any atom is 0.411 e. The minimum atomic E-state index is -0.724. The molecule has 1 amide bonds. The molecule has 2 unspecified atom stereocenters. The van der Waals surface area contributed by atoms with E-state index in [0.717, 1.165) is 5.56 Å². The summed E-state index contributed by atoms with van der Waals surface area (Å²) >= 11 is 0. The summed E-state index contributed by atoms with van der Waals surface area (Å²) in [5.74, 6) is -0.454. The van der Waals surface area contributed by atoms with Gasteiger partial charge in [0.05, 0.1) is 6.54 Å². The SMILES string of the molecule is CC(C)(C)OC(=O)N1CC2OC2[C@H]1C(=O)OCc1ccccc1. The number of esters is 1. The summed E-state index contributed by atoms with van der Waals surface area (Å²) in [4.78, 5) is 26.1. The molecule has 2 saturated heterocycles. The van der Waals surface area contributed by atoms with Crippen molar-refractivity contribution in [3.8, 4) is 0 Å². The second-order valence-corrected chi connectivity index (χ2v) is 6.81. The van der Waals surface area contributed by atoms with Crippen molar-refractivity contribution in [3.05, 3.63) is 35.9 Å². The largest absolute Gasteiger partial charge is 0.459 e. The molecule has 0 saturated carbocycles. The van der Waals surface area contributed by atoms with E-state index in [4.69, 9.17) is 14.2 Å². The third kappa shape index (κ3) is 3.64. The number of nitrogens with zero attached hydrogens (tertiary/aromatic N) is 1. The number of rotatable bonds is 3. The third-order valence-electron chi connectivity index (χ3n) is 3.74. The van der Waals surface area contributed by atoms with Crippen molar-refractivity contribution in [1.82, 2.24) is 4.90 Å². The highest BCUT2D eigenvalue weighted by atomic mass is 16.6. The number of carbonyl (C=O) groups is 2. The van der Waals surface area contributed by atoms with E-state index in [1.54, 1.807) is 20.8 Å². The van der Waals surface area contributed by atoms with Crippen LogP contribution < -0.4 is 0 Å². The normalized spacial score (nSPS) is 25.7. The van der Waals surface area contributed by atoms with E-state index in [-0.39, 0.29) is 18.8 Å². The molecule has 1 aromatic rings. The zero-order valence-electron chi connectivity index (χ0n) is 13.5. The van der Waals surface area contributed by atoms with Gasteiger partial charge in [0.1, 0.15) is 24.4 Å². The van der Waals surface area contributed by atoms with Crippen molar-refractivity contribution in [2.75, 3.05) is 6.54 Å². The lowest BCUT2D eigenvalue weighted by Crippen LogP contribution is -2.47. The molecule has 1 aromatic carbocycles. The van der Waals surface area contributed by atoms with E-state index in [2.05, 4.69) is 0 Å². The van der Waals surface area contributed by atoms with Crippen LogP contribution in [-0.4, -0.2) is 47.4 Å². The molecule has 6 heteroatoms. The van der Waals surface area contributed by atoms with Gasteiger partial charge < -0.3 is 14.2 Å². The second kappa shape index (κ2) is 5.85. The van der Waals surface area contributed by atoms with E-state index in [9.17, 15) is 9.59 Å². The first-order valence-electron chi connectivity index (χ1n) is 7.71. The Labute approximate surface area is 135 Å². The van der Waals surface area contributed by atoms with Crippen LogP contribution in [0.1, 0.15) is 26.3 Å². The highest BCUT2D eigenvalue weighted by molar-refractivity contribution is 5.84. The first-order chi connectivity index (χ1) is 10.8. The molecule has 0 aliphatic carbocycles. The van der Waals surface area contributed by atoms with Gasteiger partial charge in [0.25, 0.3) is 0 Å². The Morgan fingerprint density at radius 2 is 1.96 bits per heavy atom. The van der Waals surface area contributed by atoms with Gasteiger partial charge in [-0.2, -0.15) is 0 Å². The summed E-state index contributed by atoms with van der Waals surface area (Å²) in [5.41, 5.74) is 0.291. The Morgan fingerprint density at radius 1 is 1.26 bits per heavy atom. The molecule has 0 bridgehead atoms. The predicted octanol–water partition coefficient (Wildman–Crippen LogP) is 2.12. The van der Waals surface area contributed by atoms with Gasteiger partial charge in [-0.15, -0.1) is 0 Å². The lowest BCUT2D eigenvalue weighted by molar-refractivity contribution is -0.151. The maximum atomic E-state index is 12.4. The van der Waals surface area contributed by atoms with Gasteiger partial charge in [-0.05, 0) is 26.3 Å². The molecule has 124 valence electrons. The molecule has 2 aliphatic rings. The molecular weight excluding hydrogens is 298 g/mol. The fourth-order valence-electron chi connectivity index (χ4n) is 2.65. The molecular formula is C17H21NO5. The predicted molar refractivity (Wildman–Crippen MR) is 81.6 cm³/mol. The minimum absolute atomic E-state index is 0.0863. The number of fused-ring (bicyclic) bond motifs is 1. The molecule has 2 fully saturated rings. The van der Waals surface area contributed by atoms with Crippen LogP contribution >= 0.6 is 0 Å². The van der Waals surface area contributed by atoms with Gasteiger partial charge in [0.2, 0.25) is 0 Å². The Bertz CT molecular complexity index is 595. The highest BCUT2D eigenvalue weighted by Crippen LogP contribution is 2.38. The number of benzene rings is 1. The summed E-state index contributed by atoms with van der Waals surface area (Å²) in [5, 5.41) is 0. The molecule has 23 heavy (non-hydrogen) atoms. The van der Waals surface area contributed by atoms with E-state index in [1.807, 2.05) is 30.3 Å². The molecule has 3 atom stereocenters. The van der Waals surface area contributed by atoms with Crippen LogP contribution in [0.5, 0.6) is 0 Å². The number of morpholine rings is 1. The van der Waals surface area contributed by atoms with Crippen molar-refractivity contribution in [2.45, 2.75) is 51.2 Å². The summed E-state index contributed by atoms with van der Waals surface area (Å²) in [6, 6.07) is 8.69. The Balaban J connectivity index is 1.62. The fourth-order valence-corrected chi connectivity index (χ4v) is 2.65. The number of likely N-dealkylation sites (tertiary alicyclic amines) is 1. The Hall–Kier alpha value is -2.08. The Morgan fingerprint density at radius 3 is 2.61 bits per heavy atom. The van der Waals surface area contributed by atoms with Crippen LogP contribution in [0.2, 0.25) is 0 Å². The number of ether oxygens (including phenoxy) is 3. The van der Waals surface area contributed by atoms with Crippen molar-refractivity contribution >= 4 is 12.1 Å². The van der Waals surface area contributed by atoms with Gasteiger partial charge in [-0.1, -0.05) is 30.3 Å². The molecule has 0 radical (unpaired) electrons. The summed E-state index contributed by atoms with van der Waals surface area (Å²) in [6.45, 7) is 5.92. The molecule has 0 N–H and O–H groups in total. The number of carbonyl (C=O) groups excluding carboxylic acids is 2. The van der Waals surface area contributed by atoms with E-state index in [0.29, 0.717) is 6.54 Å². The number of amides is 1. The van der Waals surface area contributed by atoms with Crippen molar-refractivity contribution in [1.29, 1.82) is 0 Å². The van der Waals surface area contributed by atoms with Crippen LogP contribution in [0.4, 0.5) is 4.79 Å². The zero-order valence-corrected chi connectivity index (χ0v) is 13.5. The average molecular weight is 319 g/mol. The lowest BCUT2D eigenvalue weighted by Gasteiger charge is -2.28. The zero-order chi connectivity index (χ0) is 16.6. The second-order valence-electron chi connectivity index (χ2n) is 6.81. The van der Waals surface area contributed by atoms with Crippen LogP contribution in [0, 0.1) is 0 Å². The van der Waals surface area contributed by atoms with Crippen LogP contribution in [0.15, 0.2) is 30.3 Å². The lowest BCUT2D eigenvalue weighted by atomic mass is 10.2. The average Bonchev–Trinajstić information content (AvgIpc) is 3.14. The van der Waals surface area contributed by atoms with Gasteiger partial charge in [0.15, 0.2) is 6.04 Å². The maximum absolute atomic E-state index is 12.4. The van der Waals surface area contributed by atoms with Crippen LogP contribution in [0.3, 0.4) is 0 Å². The van der Waals surface area contributed by atoms with Gasteiger partial charge >= 0.3 is 12.1 Å². The van der Waals surface area contributed by atoms with E-state index in [1.165, 1.54) is 4.90 Å². The van der Waals surface area contributed by atoms with Crippen molar-refractivity contribution in [2.24, 2.45) is 0 Å². The number of hydrogen-bond acceptors (Lipinski definition) is 5. The molecule has 0 aromatic heterocycles. The van der Waals surface area contributed by atoms with Crippen molar-refractivity contribution < 1.29 is 23.8 Å². The van der Waals surface area contributed by atoms with E-state index >= 15 is 0 Å². The number of epoxide rings is 1. The molecule has 0 spiro atoms. The quantitative estimate of drug-likeness (QED) is 0.630. The fraction of sp³-hybridized carbons (Fsp3) is 0.529. The van der Waals surface area contributed by atoms with E-state index < -0.39 is 23.7 Å². The highest BCUT2D eigenvalue weighted by Gasteiger charge is 2.60. The van der Waals surface area contributed by atoms with Gasteiger partial charge in [-0.25, -0.2) is 9.59 Å². The Kier molecular flexibility index (Phi) is 4.02. The van der Waals surface area contributed by atoms with Crippen LogP contribution in [0.25, 0.3) is 0 Å². The summed E-state index contributed by atoms with van der Waals surface area (Å²) in [6.07, 6.45) is -0.863. The van der Waals surface area contributed by atoms with Crippen LogP contribution in [-0.2, 0) is 25.6 Å².